The molecule has 1 rings (SSSR count). The lowest BCUT2D eigenvalue weighted by atomic mass is 9.93. The van der Waals surface area contributed by atoms with Crippen molar-refractivity contribution in [3.63, 3.8) is 0 Å². The van der Waals surface area contributed by atoms with Crippen molar-refractivity contribution in [1.82, 2.24) is 5.32 Å². The van der Waals surface area contributed by atoms with Crippen LogP contribution in [-0.4, -0.2) is 32.8 Å². The molecule has 3 heteroatoms. The highest BCUT2D eigenvalue weighted by Crippen LogP contribution is 2.17. The first-order valence-corrected chi connectivity index (χ1v) is 5.77. The van der Waals surface area contributed by atoms with E-state index in [0.29, 0.717) is 18.5 Å². The molecular weight excluding hydrogens is 200 g/mol. The maximum atomic E-state index is 5.79. The van der Waals surface area contributed by atoms with Crippen molar-refractivity contribution in [1.29, 1.82) is 0 Å². The molecule has 0 saturated heterocycles. The van der Waals surface area contributed by atoms with E-state index in [-0.39, 0.29) is 0 Å². The van der Waals surface area contributed by atoms with E-state index in [0.717, 1.165) is 13.2 Å². The number of benzene rings is 1. The van der Waals surface area contributed by atoms with E-state index in [1.165, 1.54) is 5.56 Å². The smallest absolute Gasteiger partial charge is 0.0587 e. The van der Waals surface area contributed by atoms with E-state index in [9.17, 15) is 0 Å². The van der Waals surface area contributed by atoms with E-state index in [1.54, 1.807) is 7.11 Å². The Morgan fingerprint density at radius 3 is 2.56 bits per heavy atom. The molecule has 0 spiro atoms. The molecule has 3 nitrogen and oxygen atoms in total. The summed E-state index contributed by atoms with van der Waals surface area (Å²) in [6, 6.07) is 10.8. The largest absolute Gasteiger partial charge is 0.383 e. The minimum Gasteiger partial charge on any atom is -0.383 e. The van der Waals surface area contributed by atoms with Crippen molar-refractivity contribution in [3.05, 3.63) is 35.9 Å². The Balaban J connectivity index is 2.52. The van der Waals surface area contributed by atoms with Crippen LogP contribution in [0.3, 0.4) is 0 Å². The second kappa shape index (κ2) is 7.39. The second-order valence-electron chi connectivity index (χ2n) is 3.99. The summed E-state index contributed by atoms with van der Waals surface area (Å²) >= 11 is 0. The van der Waals surface area contributed by atoms with Gasteiger partial charge in [-0.3, -0.25) is 0 Å². The summed E-state index contributed by atoms with van der Waals surface area (Å²) in [6.45, 7) is 4.40. The zero-order valence-corrected chi connectivity index (χ0v) is 10.1. The summed E-state index contributed by atoms with van der Waals surface area (Å²) in [4.78, 5) is 0. The van der Waals surface area contributed by atoms with Gasteiger partial charge in [-0.05, 0) is 11.5 Å². The lowest BCUT2D eigenvalue weighted by Gasteiger charge is -2.24. The highest BCUT2D eigenvalue weighted by molar-refractivity contribution is 5.20. The third kappa shape index (κ3) is 3.93. The van der Waals surface area contributed by atoms with E-state index < -0.39 is 0 Å². The lowest BCUT2D eigenvalue weighted by molar-refractivity contribution is 0.194. The molecule has 1 aromatic rings. The predicted octanol–water partition coefficient (Wildman–Crippen LogP) is 1.35. The van der Waals surface area contributed by atoms with Crippen molar-refractivity contribution >= 4 is 0 Å². The molecule has 0 aliphatic heterocycles. The first kappa shape index (κ1) is 13.2. The Labute approximate surface area is 98.0 Å². The lowest BCUT2D eigenvalue weighted by Crippen LogP contribution is -2.41. The molecule has 2 unspecified atom stereocenters. The molecular formula is C13H22N2O. The molecule has 3 N–H and O–H groups in total. The number of hydrogen-bond donors (Lipinski definition) is 2. The molecule has 0 saturated carbocycles. The molecule has 0 amide bonds. The van der Waals surface area contributed by atoms with Gasteiger partial charge in [0.15, 0.2) is 0 Å². The number of methoxy groups -OCH3 is 1. The van der Waals surface area contributed by atoms with Gasteiger partial charge in [0.05, 0.1) is 6.61 Å². The van der Waals surface area contributed by atoms with Crippen LogP contribution in [0.15, 0.2) is 30.3 Å². The van der Waals surface area contributed by atoms with E-state index >= 15 is 0 Å². The van der Waals surface area contributed by atoms with Crippen LogP contribution in [-0.2, 0) is 4.74 Å². The molecule has 0 heterocycles. The number of nitrogens with one attached hydrogen (secondary N) is 1. The van der Waals surface area contributed by atoms with Gasteiger partial charge in [-0.25, -0.2) is 0 Å². The van der Waals surface area contributed by atoms with Gasteiger partial charge in [0.2, 0.25) is 0 Å². The zero-order chi connectivity index (χ0) is 11.8. The van der Waals surface area contributed by atoms with Crippen molar-refractivity contribution < 1.29 is 4.74 Å². The Kier molecular flexibility index (Phi) is 6.08. The molecule has 0 bridgehead atoms. The molecule has 2 atom stereocenters. The summed E-state index contributed by atoms with van der Waals surface area (Å²) in [7, 11) is 1.71. The van der Waals surface area contributed by atoms with Crippen molar-refractivity contribution in [2.24, 2.45) is 5.73 Å². The maximum absolute atomic E-state index is 5.79. The minimum absolute atomic E-state index is 0.303. The van der Waals surface area contributed by atoms with Gasteiger partial charge in [-0.1, -0.05) is 37.3 Å². The predicted molar refractivity (Wildman–Crippen MR) is 67.6 cm³/mol. The fourth-order valence-corrected chi connectivity index (χ4v) is 1.80. The Morgan fingerprint density at radius 2 is 2.00 bits per heavy atom. The fourth-order valence-electron chi connectivity index (χ4n) is 1.80. The molecule has 0 fully saturated rings. The van der Waals surface area contributed by atoms with Gasteiger partial charge >= 0.3 is 0 Å². The van der Waals surface area contributed by atoms with Crippen LogP contribution >= 0.6 is 0 Å². The van der Waals surface area contributed by atoms with E-state index in [1.807, 2.05) is 6.07 Å². The third-order valence-corrected chi connectivity index (χ3v) is 2.90. The third-order valence-electron chi connectivity index (χ3n) is 2.90. The maximum Gasteiger partial charge on any atom is 0.0587 e. The van der Waals surface area contributed by atoms with E-state index in [2.05, 4.69) is 36.5 Å². The van der Waals surface area contributed by atoms with Crippen LogP contribution in [0.2, 0.25) is 0 Å². The summed E-state index contributed by atoms with van der Waals surface area (Å²) in [6.07, 6.45) is 0. The highest BCUT2D eigenvalue weighted by Gasteiger charge is 2.16. The summed E-state index contributed by atoms with van der Waals surface area (Å²) < 4.78 is 5.02. The molecule has 1 aromatic carbocycles. The number of hydrogen-bond acceptors (Lipinski definition) is 3. The van der Waals surface area contributed by atoms with Gasteiger partial charge in [-0.2, -0.15) is 0 Å². The van der Waals surface area contributed by atoms with Crippen LogP contribution in [0.5, 0.6) is 0 Å². The van der Waals surface area contributed by atoms with Gasteiger partial charge in [-0.15, -0.1) is 0 Å². The van der Waals surface area contributed by atoms with Gasteiger partial charge in [0.1, 0.15) is 0 Å². The average molecular weight is 222 g/mol. The zero-order valence-electron chi connectivity index (χ0n) is 10.1. The van der Waals surface area contributed by atoms with Crippen LogP contribution < -0.4 is 11.1 Å². The molecule has 16 heavy (non-hydrogen) atoms. The van der Waals surface area contributed by atoms with Gasteiger partial charge in [0, 0.05) is 26.2 Å². The summed E-state index contributed by atoms with van der Waals surface area (Å²) in [5, 5.41) is 3.42. The standard InChI is InChI=1S/C13H22N2O/c1-11(12-6-4-3-5-7-12)13(10-14)15-8-9-16-2/h3-7,11,13,15H,8-10,14H2,1-2H3. The Bertz CT molecular complexity index is 277. The fraction of sp³-hybridized carbons (Fsp3) is 0.538. The topological polar surface area (TPSA) is 47.3 Å². The first-order chi connectivity index (χ1) is 7.79. The number of rotatable bonds is 7. The molecule has 0 aromatic heterocycles. The quantitative estimate of drug-likeness (QED) is 0.685. The number of nitrogens with two attached hydrogens (primary N) is 1. The van der Waals surface area contributed by atoms with Crippen LogP contribution in [0, 0.1) is 0 Å². The summed E-state index contributed by atoms with van der Waals surface area (Å²) in [5.74, 6) is 0.419. The number of ether oxygens (including phenoxy) is 1. The van der Waals surface area contributed by atoms with Crippen LogP contribution in [0.4, 0.5) is 0 Å². The second-order valence-corrected chi connectivity index (χ2v) is 3.99. The SMILES string of the molecule is COCCNC(CN)C(C)c1ccccc1. The van der Waals surface area contributed by atoms with E-state index in [4.69, 9.17) is 10.5 Å². The van der Waals surface area contributed by atoms with Crippen molar-refractivity contribution in [2.75, 3.05) is 26.8 Å². The van der Waals surface area contributed by atoms with Crippen LogP contribution in [0.25, 0.3) is 0 Å². The first-order valence-electron chi connectivity index (χ1n) is 5.77. The molecule has 0 aliphatic carbocycles. The normalized spacial score (nSPS) is 14.7. The van der Waals surface area contributed by atoms with Crippen LogP contribution in [0.1, 0.15) is 18.4 Å². The van der Waals surface area contributed by atoms with Gasteiger partial charge in [0.25, 0.3) is 0 Å². The summed E-state index contributed by atoms with van der Waals surface area (Å²) in [5.41, 5.74) is 7.11. The monoisotopic (exact) mass is 222 g/mol. The van der Waals surface area contributed by atoms with Gasteiger partial charge < -0.3 is 15.8 Å². The molecule has 0 radical (unpaired) electrons. The van der Waals surface area contributed by atoms with Crippen molar-refractivity contribution in [3.8, 4) is 0 Å². The highest BCUT2D eigenvalue weighted by atomic mass is 16.5. The molecule has 0 aliphatic rings. The van der Waals surface area contributed by atoms with Crippen molar-refractivity contribution in [2.45, 2.75) is 18.9 Å². The Morgan fingerprint density at radius 1 is 1.31 bits per heavy atom. The minimum atomic E-state index is 0.303. The average Bonchev–Trinajstić information content (AvgIpc) is 2.35. The molecule has 90 valence electrons. The Hall–Kier alpha value is -0.900.